The van der Waals surface area contributed by atoms with Gasteiger partial charge in [-0.25, -0.2) is 0 Å². The van der Waals surface area contributed by atoms with Gasteiger partial charge in [0.25, 0.3) is 0 Å². The molecule has 1 heterocycles. The standard InChI is InChI=1S/C20H21NO.CH4/c1-2-3-14-22-19-10-7-16(8-11-19)4-5-17-6-9-18-12-13-21-20(18)15-17;/h6-11,15,21H,2-3,12-14H2,1H3;1H4. The molecule has 0 fully saturated rings. The van der Waals surface area contributed by atoms with Crippen molar-refractivity contribution in [2.24, 2.45) is 0 Å². The SMILES string of the molecule is C.CCCCOc1ccc(C#Cc2ccc3c(c2)NCC3)cc1. The zero-order valence-electron chi connectivity index (χ0n) is 13.0. The van der Waals surface area contributed by atoms with Gasteiger partial charge in [0.2, 0.25) is 0 Å². The lowest BCUT2D eigenvalue weighted by atomic mass is 10.1. The molecule has 1 N–H and O–H groups in total. The third kappa shape index (κ3) is 4.53. The van der Waals surface area contributed by atoms with E-state index in [0.29, 0.717) is 0 Å². The van der Waals surface area contributed by atoms with Gasteiger partial charge in [0.15, 0.2) is 0 Å². The smallest absolute Gasteiger partial charge is 0.119 e. The van der Waals surface area contributed by atoms with E-state index in [9.17, 15) is 0 Å². The Balaban J connectivity index is 0.00000192. The van der Waals surface area contributed by atoms with Gasteiger partial charge < -0.3 is 10.1 Å². The van der Waals surface area contributed by atoms with Crippen LogP contribution >= 0.6 is 0 Å². The van der Waals surface area contributed by atoms with Gasteiger partial charge in [0, 0.05) is 23.4 Å². The van der Waals surface area contributed by atoms with E-state index < -0.39 is 0 Å². The summed E-state index contributed by atoms with van der Waals surface area (Å²) in [4.78, 5) is 0. The summed E-state index contributed by atoms with van der Waals surface area (Å²) in [6.45, 7) is 3.98. The van der Waals surface area contributed by atoms with E-state index >= 15 is 0 Å². The molecule has 0 amide bonds. The fourth-order valence-corrected chi connectivity index (χ4v) is 2.48. The van der Waals surface area contributed by atoms with Crippen LogP contribution in [0.5, 0.6) is 5.75 Å². The first kappa shape index (κ1) is 17.0. The molecule has 2 aromatic rings. The predicted molar refractivity (Wildman–Crippen MR) is 98.2 cm³/mol. The molecule has 0 aromatic heterocycles. The van der Waals surface area contributed by atoms with Crippen LogP contribution in [0.25, 0.3) is 0 Å². The maximum Gasteiger partial charge on any atom is 0.119 e. The summed E-state index contributed by atoms with van der Waals surface area (Å²) in [5.41, 5.74) is 4.68. The van der Waals surface area contributed by atoms with E-state index in [4.69, 9.17) is 4.74 Å². The van der Waals surface area contributed by atoms with Crippen LogP contribution in [0.15, 0.2) is 42.5 Å². The number of ether oxygens (including phenoxy) is 1. The van der Waals surface area contributed by atoms with Crippen LogP contribution in [0.3, 0.4) is 0 Å². The molecule has 2 heteroatoms. The van der Waals surface area contributed by atoms with Crippen molar-refractivity contribution < 1.29 is 4.74 Å². The summed E-state index contributed by atoms with van der Waals surface area (Å²) < 4.78 is 5.66. The minimum atomic E-state index is 0. The molecule has 1 aliphatic heterocycles. The molecular weight excluding hydrogens is 282 g/mol. The van der Waals surface area contributed by atoms with Gasteiger partial charge in [0.05, 0.1) is 6.61 Å². The molecule has 0 aliphatic carbocycles. The van der Waals surface area contributed by atoms with Gasteiger partial charge in [-0.15, -0.1) is 0 Å². The van der Waals surface area contributed by atoms with Crippen LogP contribution in [-0.4, -0.2) is 13.2 Å². The second-order valence-corrected chi connectivity index (χ2v) is 5.53. The third-order valence-electron chi connectivity index (χ3n) is 3.79. The van der Waals surface area contributed by atoms with Gasteiger partial charge in [-0.2, -0.15) is 0 Å². The first-order valence-electron chi connectivity index (χ1n) is 7.97. The van der Waals surface area contributed by atoms with Crippen molar-refractivity contribution in [1.29, 1.82) is 0 Å². The summed E-state index contributed by atoms with van der Waals surface area (Å²) in [5.74, 6) is 7.36. The summed E-state index contributed by atoms with van der Waals surface area (Å²) in [6, 6.07) is 14.4. The van der Waals surface area contributed by atoms with E-state index in [-0.39, 0.29) is 7.43 Å². The average Bonchev–Trinajstić information content (AvgIpc) is 3.02. The zero-order valence-corrected chi connectivity index (χ0v) is 13.0. The van der Waals surface area contributed by atoms with Gasteiger partial charge in [-0.1, -0.05) is 38.7 Å². The Bertz CT molecular complexity index is 692. The number of fused-ring (bicyclic) bond motifs is 1. The summed E-state index contributed by atoms with van der Waals surface area (Å²) in [6.07, 6.45) is 3.36. The van der Waals surface area contributed by atoms with Crippen molar-refractivity contribution in [2.45, 2.75) is 33.6 Å². The Labute approximate surface area is 139 Å². The van der Waals surface area contributed by atoms with E-state index in [1.807, 2.05) is 24.3 Å². The molecule has 0 radical (unpaired) electrons. The Morgan fingerprint density at radius 3 is 2.57 bits per heavy atom. The van der Waals surface area contributed by atoms with Gasteiger partial charge in [-0.3, -0.25) is 0 Å². The monoisotopic (exact) mass is 307 g/mol. The molecule has 3 rings (SSSR count). The van der Waals surface area contributed by atoms with Crippen LogP contribution in [0, 0.1) is 11.8 Å². The fraction of sp³-hybridized carbons (Fsp3) is 0.333. The van der Waals surface area contributed by atoms with Crippen molar-refractivity contribution in [3.8, 4) is 17.6 Å². The van der Waals surface area contributed by atoms with Gasteiger partial charge in [0.1, 0.15) is 5.75 Å². The maximum absolute atomic E-state index is 5.66. The predicted octanol–water partition coefficient (Wildman–Crippen LogP) is 4.87. The molecule has 2 aromatic carbocycles. The molecule has 1 aliphatic rings. The van der Waals surface area contributed by atoms with Crippen molar-refractivity contribution in [3.63, 3.8) is 0 Å². The fourth-order valence-electron chi connectivity index (χ4n) is 2.48. The second-order valence-electron chi connectivity index (χ2n) is 5.53. The zero-order chi connectivity index (χ0) is 15.2. The van der Waals surface area contributed by atoms with Crippen LogP contribution in [-0.2, 0) is 6.42 Å². The van der Waals surface area contributed by atoms with E-state index in [0.717, 1.165) is 49.3 Å². The Kier molecular flexibility index (Phi) is 6.11. The molecule has 0 bridgehead atoms. The number of unbranched alkanes of at least 4 members (excludes halogenated alkanes) is 1. The Morgan fingerprint density at radius 1 is 1.04 bits per heavy atom. The topological polar surface area (TPSA) is 21.3 Å². The highest BCUT2D eigenvalue weighted by atomic mass is 16.5. The van der Waals surface area contributed by atoms with E-state index in [1.165, 1.54) is 11.3 Å². The molecule has 0 unspecified atom stereocenters. The van der Waals surface area contributed by atoms with Crippen LogP contribution in [0.2, 0.25) is 0 Å². The van der Waals surface area contributed by atoms with Crippen molar-refractivity contribution in [2.75, 3.05) is 18.5 Å². The molecule has 120 valence electrons. The number of rotatable bonds is 4. The molecule has 0 saturated heterocycles. The molecule has 23 heavy (non-hydrogen) atoms. The first-order chi connectivity index (χ1) is 10.8. The minimum absolute atomic E-state index is 0. The van der Waals surface area contributed by atoms with Gasteiger partial charge in [-0.05, 0) is 54.8 Å². The van der Waals surface area contributed by atoms with Crippen LogP contribution < -0.4 is 10.1 Å². The third-order valence-corrected chi connectivity index (χ3v) is 3.79. The average molecular weight is 307 g/mol. The normalized spacial score (nSPS) is 11.5. The highest BCUT2D eigenvalue weighted by molar-refractivity contribution is 5.60. The van der Waals surface area contributed by atoms with Crippen molar-refractivity contribution in [3.05, 3.63) is 59.2 Å². The first-order valence-corrected chi connectivity index (χ1v) is 7.97. The number of hydrogen-bond donors (Lipinski definition) is 1. The summed E-state index contributed by atoms with van der Waals surface area (Å²) in [7, 11) is 0. The van der Waals surface area contributed by atoms with E-state index in [2.05, 4.69) is 42.3 Å². The van der Waals surface area contributed by atoms with Crippen molar-refractivity contribution in [1.82, 2.24) is 0 Å². The Morgan fingerprint density at radius 2 is 1.78 bits per heavy atom. The van der Waals surface area contributed by atoms with Gasteiger partial charge >= 0.3 is 0 Å². The lowest BCUT2D eigenvalue weighted by Gasteiger charge is -2.04. The Hall–Kier alpha value is -2.40. The molecule has 0 atom stereocenters. The molecular formula is C21H25NO. The quantitative estimate of drug-likeness (QED) is 0.643. The number of anilines is 1. The number of benzene rings is 2. The second kappa shape index (κ2) is 8.29. The summed E-state index contributed by atoms with van der Waals surface area (Å²) in [5, 5.41) is 3.39. The number of hydrogen-bond acceptors (Lipinski definition) is 2. The number of nitrogens with one attached hydrogen (secondary N) is 1. The van der Waals surface area contributed by atoms with Crippen molar-refractivity contribution >= 4 is 5.69 Å². The maximum atomic E-state index is 5.66. The lowest BCUT2D eigenvalue weighted by molar-refractivity contribution is 0.309. The highest BCUT2D eigenvalue weighted by Gasteiger charge is 2.08. The highest BCUT2D eigenvalue weighted by Crippen LogP contribution is 2.22. The van der Waals surface area contributed by atoms with Crippen LogP contribution in [0.4, 0.5) is 5.69 Å². The molecule has 2 nitrogen and oxygen atoms in total. The van der Waals surface area contributed by atoms with E-state index in [1.54, 1.807) is 0 Å². The molecule has 0 saturated carbocycles. The summed E-state index contributed by atoms with van der Waals surface area (Å²) >= 11 is 0. The largest absolute Gasteiger partial charge is 0.494 e. The lowest BCUT2D eigenvalue weighted by Crippen LogP contribution is -1.95. The minimum Gasteiger partial charge on any atom is -0.494 e. The van der Waals surface area contributed by atoms with Crippen LogP contribution in [0.1, 0.15) is 43.9 Å². The molecule has 0 spiro atoms.